The van der Waals surface area contributed by atoms with Crippen LogP contribution >= 0.6 is 11.8 Å². The van der Waals surface area contributed by atoms with Crippen molar-refractivity contribution in [2.45, 2.75) is 5.16 Å². The molecule has 0 atom stereocenters. The molecular formula is C16H16N4O3S. The number of carbonyl (C=O) groups is 1. The molecule has 8 heteroatoms. The maximum absolute atomic E-state index is 12.2. The van der Waals surface area contributed by atoms with E-state index in [4.69, 9.17) is 9.47 Å². The summed E-state index contributed by atoms with van der Waals surface area (Å²) in [5.74, 6) is 1.26. The highest BCUT2D eigenvalue weighted by molar-refractivity contribution is 7.99. The van der Waals surface area contributed by atoms with Crippen molar-refractivity contribution in [2.24, 2.45) is 0 Å². The first-order valence-electron chi connectivity index (χ1n) is 7.15. The zero-order chi connectivity index (χ0) is 16.9. The van der Waals surface area contributed by atoms with Gasteiger partial charge >= 0.3 is 0 Å². The Kier molecular flexibility index (Phi) is 4.85. The summed E-state index contributed by atoms with van der Waals surface area (Å²) in [5.41, 5.74) is 1.34. The Bertz CT molecular complexity index is 865. The molecule has 0 aliphatic rings. The number of hydrogen-bond acceptors (Lipinski definition) is 6. The molecule has 0 bridgehead atoms. The largest absolute Gasteiger partial charge is 0.497 e. The summed E-state index contributed by atoms with van der Waals surface area (Å²) in [5, 5.41) is 11.6. The second-order valence-corrected chi connectivity index (χ2v) is 5.76. The van der Waals surface area contributed by atoms with Gasteiger partial charge in [0.1, 0.15) is 11.5 Å². The molecule has 0 radical (unpaired) electrons. The third kappa shape index (κ3) is 3.43. The van der Waals surface area contributed by atoms with Crippen molar-refractivity contribution >= 4 is 29.0 Å². The summed E-state index contributed by atoms with van der Waals surface area (Å²) < 4.78 is 12.2. The van der Waals surface area contributed by atoms with Crippen molar-refractivity contribution in [3.8, 4) is 11.5 Å². The van der Waals surface area contributed by atoms with E-state index in [2.05, 4.69) is 15.5 Å². The van der Waals surface area contributed by atoms with Crippen molar-refractivity contribution in [2.75, 3.05) is 25.3 Å². The van der Waals surface area contributed by atoms with Crippen LogP contribution in [0.5, 0.6) is 11.5 Å². The Morgan fingerprint density at radius 2 is 2.08 bits per heavy atom. The van der Waals surface area contributed by atoms with E-state index in [0.717, 1.165) is 5.65 Å². The van der Waals surface area contributed by atoms with E-state index in [-0.39, 0.29) is 11.7 Å². The fourth-order valence-electron chi connectivity index (χ4n) is 2.14. The Labute approximate surface area is 143 Å². The topological polar surface area (TPSA) is 77.8 Å². The lowest BCUT2D eigenvalue weighted by molar-refractivity contribution is -0.113. The van der Waals surface area contributed by atoms with Crippen LogP contribution in [0.2, 0.25) is 0 Å². The van der Waals surface area contributed by atoms with E-state index in [1.165, 1.54) is 11.8 Å². The Balaban J connectivity index is 1.66. The summed E-state index contributed by atoms with van der Waals surface area (Å²) in [4.78, 5) is 12.2. The van der Waals surface area contributed by atoms with Crippen LogP contribution in [0, 0.1) is 0 Å². The van der Waals surface area contributed by atoms with Gasteiger partial charge in [-0.05, 0) is 24.3 Å². The number of carbonyl (C=O) groups excluding carboxylic acids is 1. The minimum atomic E-state index is -0.156. The summed E-state index contributed by atoms with van der Waals surface area (Å²) in [6, 6.07) is 10.9. The standard InChI is InChI=1S/C16H16N4O3S/c1-22-11-6-7-12(13(9-11)23-2)17-15(21)10-24-16-19-18-14-5-3-4-8-20(14)16/h3-9H,10H2,1-2H3,(H,17,21). The first-order valence-corrected chi connectivity index (χ1v) is 8.14. The molecule has 0 unspecified atom stereocenters. The van der Waals surface area contributed by atoms with Gasteiger partial charge in [0.2, 0.25) is 5.91 Å². The van der Waals surface area contributed by atoms with Crippen LogP contribution in [0.4, 0.5) is 5.69 Å². The SMILES string of the molecule is COc1ccc(NC(=O)CSc2nnc3ccccn23)c(OC)c1. The molecule has 3 rings (SSSR count). The quantitative estimate of drug-likeness (QED) is 0.692. The fraction of sp³-hybridized carbons (Fsp3) is 0.188. The highest BCUT2D eigenvalue weighted by Crippen LogP contribution is 2.29. The molecule has 7 nitrogen and oxygen atoms in total. The zero-order valence-electron chi connectivity index (χ0n) is 13.2. The number of amides is 1. The van der Waals surface area contributed by atoms with E-state index in [0.29, 0.717) is 22.3 Å². The predicted octanol–water partition coefficient (Wildman–Crippen LogP) is 2.48. The normalized spacial score (nSPS) is 10.6. The van der Waals surface area contributed by atoms with Crippen LogP contribution in [0.3, 0.4) is 0 Å². The molecule has 0 saturated heterocycles. The van der Waals surface area contributed by atoms with Gasteiger partial charge in [-0.25, -0.2) is 0 Å². The molecule has 3 aromatic rings. The molecule has 1 amide bonds. The van der Waals surface area contributed by atoms with E-state index in [1.807, 2.05) is 28.8 Å². The molecule has 2 aromatic heterocycles. The smallest absolute Gasteiger partial charge is 0.234 e. The summed E-state index contributed by atoms with van der Waals surface area (Å²) in [7, 11) is 3.12. The molecule has 1 N–H and O–H groups in total. The Hall–Kier alpha value is -2.74. The van der Waals surface area contributed by atoms with Crippen molar-refractivity contribution in [3.05, 3.63) is 42.6 Å². The molecule has 0 saturated carbocycles. The molecule has 0 aliphatic heterocycles. The number of aromatic nitrogens is 3. The lowest BCUT2D eigenvalue weighted by Crippen LogP contribution is -2.15. The minimum Gasteiger partial charge on any atom is -0.497 e. The molecule has 24 heavy (non-hydrogen) atoms. The van der Waals surface area contributed by atoms with Gasteiger partial charge < -0.3 is 14.8 Å². The number of nitrogens with zero attached hydrogens (tertiary/aromatic N) is 3. The molecule has 2 heterocycles. The average Bonchev–Trinajstić information content (AvgIpc) is 3.03. The molecule has 0 aliphatic carbocycles. The predicted molar refractivity (Wildman–Crippen MR) is 91.9 cm³/mol. The van der Waals surface area contributed by atoms with Gasteiger partial charge in [-0.1, -0.05) is 17.8 Å². The van der Waals surface area contributed by atoms with E-state index in [9.17, 15) is 4.79 Å². The first kappa shape index (κ1) is 16.1. The van der Waals surface area contributed by atoms with Crippen LogP contribution in [0.15, 0.2) is 47.8 Å². The minimum absolute atomic E-state index is 0.156. The number of rotatable bonds is 6. The molecule has 0 spiro atoms. The van der Waals surface area contributed by atoms with Crippen molar-refractivity contribution < 1.29 is 14.3 Å². The van der Waals surface area contributed by atoms with Crippen LogP contribution < -0.4 is 14.8 Å². The number of pyridine rings is 1. The second kappa shape index (κ2) is 7.22. The maximum Gasteiger partial charge on any atom is 0.234 e. The maximum atomic E-state index is 12.2. The number of methoxy groups -OCH3 is 2. The third-order valence-corrected chi connectivity index (χ3v) is 4.24. The van der Waals surface area contributed by atoms with E-state index < -0.39 is 0 Å². The van der Waals surface area contributed by atoms with Gasteiger partial charge in [0.25, 0.3) is 0 Å². The van der Waals surface area contributed by atoms with Crippen LogP contribution in [-0.2, 0) is 4.79 Å². The fourth-order valence-corrected chi connectivity index (χ4v) is 2.86. The van der Waals surface area contributed by atoms with Gasteiger partial charge in [-0.2, -0.15) is 0 Å². The second-order valence-electron chi connectivity index (χ2n) is 4.81. The molecule has 124 valence electrons. The highest BCUT2D eigenvalue weighted by atomic mass is 32.2. The lowest BCUT2D eigenvalue weighted by atomic mass is 10.2. The van der Waals surface area contributed by atoms with E-state index >= 15 is 0 Å². The molecule has 1 aromatic carbocycles. The lowest BCUT2D eigenvalue weighted by Gasteiger charge is -2.11. The van der Waals surface area contributed by atoms with Gasteiger partial charge in [0, 0.05) is 12.3 Å². The van der Waals surface area contributed by atoms with Crippen LogP contribution in [0.1, 0.15) is 0 Å². The first-order chi connectivity index (χ1) is 11.7. The average molecular weight is 344 g/mol. The van der Waals surface area contributed by atoms with Gasteiger partial charge in [0.05, 0.1) is 25.7 Å². The van der Waals surface area contributed by atoms with Gasteiger partial charge in [0.15, 0.2) is 10.8 Å². The Morgan fingerprint density at radius 1 is 1.21 bits per heavy atom. The van der Waals surface area contributed by atoms with E-state index in [1.54, 1.807) is 32.4 Å². The number of fused-ring (bicyclic) bond motifs is 1. The number of ether oxygens (including phenoxy) is 2. The molecular weight excluding hydrogens is 328 g/mol. The van der Waals surface area contributed by atoms with Crippen molar-refractivity contribution in [1.82, 2.24) is 14.6 Å². The number of anilines is 1. The van der Waals surface area contributed by atoms with Crippen LogP contribution in [0.25, 0.3) is 5.65 Å². The van der Waals surface area contributed by atoms with Crippen molar-refractivity contribution in [3.63, 3.8) is 0 Å². The van der Waals surface area contributed by atoms with Crippen molar-refractivity contribution in [1.29, 1.82) is 0 Å². The summed E-state index contributed by atoms with van der Waals surface area (Å²) in [6.45, 7) is 0. The van der Waals surface area contributed by atoms with Gasteiger partial charge in [-0.15, -0.1) is 10.2 Å². The van der Waals surface area contributed by atoms with Crippen LogP contribution in [-0.4, -0.2) is 40.5 Å². The van der Waals surface area contributed by atoms with Gasteiger partial charge in [-0.3, -0.25) is 9.20 Å². The zero-order valence-corrected chi connectivity index (χ0v) is 14.0. The molecule has 0 fully saturated rings. The summed E-state index contributed by atoms with van der Waals surface area (Å²) >= 11 is 1.32. The number of benzene rings is 1. The number of nitrogens with one attached hydrogen (secondary N) is 1. The number of hydrogen-bond donors (Lipinski definition) is 1. The highest BCUT2D eigenvalue weighted by Gasteiger charge is 2.12. The third-order valence-electron chi connectivity index (χ3n) is 3.30. The Morgan fingerprint density at radius 3 is 2.88 bits per heavy atom. The number of thioether (sulfide) groups is 1. The summed E-state index contributed by atoms with van der Waals surface area (Å²) in [6.07, 6.45) is 1.86. The monoisotopic (exact) mass is 344 g/mol.